The second-order valence-electron chi connectivity index (χ2n) is 6.59. The predicted molar refractivity (Wildman–Crippen MR) is 110 cm³/mol. The van der Waals surface area contributed by atoms with Gasteiger partial charge in [-0.25, -0.2) is 4.79 Å². The van der Waals surface area contributed by atoms with E-state index in [2.05, 4.69) is 18.5 Å². The summed E-state index contributed by atoms with van der Waals surface area (Å²) in [4.78, 5) is 14.8. The Labute approximate surface area is 165 Å². The Morgan fingerprint density at radius 3 is 2.41 bits per heavy atom. The lowest BCUT2D eigenvalue weighted by molar-refractivity contribution is 0.225. The van der Waals surface area contributed by atoms with Gasteiger partial charge < -0.3 is 10.1 Å². The molecule has 0 aromatic heterocycles. The normalized spacial score (nSPS) is 14.9. The lowest BCUT2D eigenvalue weighted by Crippen LogP contribution is -2.56. The molecular formula is C22H23ClN2O2. The molecule has 0 spiro atoms. The third kappa shape index (κ3) is 3.71. The number of anilines is 1. The number of methoxy groups -OCH3 is 1. The van der Waals surface area contributed by atoms with Gasteiger partial charge in [0.2, 0.25) is 0 Å². The molecule has 1 aliphatic rings. The third-order valence-electron chi connectivity index (χ3n) is 4.84. The van der Waals surface area contributed by atoms with Gasteiger partial charge in [0.15, 0.2) is 0 Å². The predicted octanol–water partition coefficient (Wildman–Crippen LogP) is 5.43. The Bertz CT molecular complexity index is 851. The van der Waals surface area contributed by atoms with Gasteiger partial charge in [0, 0.05) is 10.6 Å². The second-order valence-corrected chi connectivity index (χ2v) is 7.03. The molecule has 0 radical (unpaired) electrons. The van der Waals surface area contributed by atoms with Gasteiger partial charge >= 0.3 is 6.03 Å². The summed E-state index contributed by atoms with van der Waals surface area (Å²) in [5.41, 5.74) is 2.24. The average Bonchev–Trinajstić information content (AvgIpc) is 2.66. The molecular weight excluding hydrogens is 360 g/mol. The number of rotatable bonds is 7. The number of nitrogens with one attached hydrogen (secondary N) is 1. The molecule has 2 aromatic rings. The Kier molecular flexibility index (Phi) is 5.57. The van der Waals surface area contributed by atoms with E-state index in [9.17, 15) is 4.79 Å². The molecule has 4 nitrogen and oxygen atoms in total. The number of halogens is 1. The largest absolute Gasteiger partial charge is 0.497 e. The molecule has 27 heavy (non-hydrogen) atoms. The number of hydrogen-bond acceptors (Lipinski definition) is 2. The smallest absolute Gasteiger partial charge is 0.322 e. The van der Waals surface area contributed by atoms with Gasteiger partial charge in [0.1, 0.15) is 5.75 Å². The fourth-order valence-electron chi connectivity index (χ4n) is 3.54. The van der Waals surface area contributed by atoms with E-state index in [-0.39, 0.29) is 6.03 Å². The SMILES string of the molecule is C=CCC1(CC=C)NC(=O)N(Cc2ccc(OC)cc2)c2ccc(Cl)cc21. The standard InChI is InChI=1S/C22H23ClN2O2/c1-4-12-22(13-5-2)19-14-17(23)8-11-20(19)25(21(26)24-22)15-16-6-9-18(27-3)10-7-16/h4-11,14H,1-2,12-13,15H2,3H3,(H,24,26). The zero-order valence-corrected chi connectivity index (χ0v) is 16.1. The van der Waals surface area contributed by atoms with Crippen molar-refractivity contribution in [2.24, 2.45) is 0 Å². The van der Waals surface area contributed by atoms with Crippen molar-refractivity contribution in [1.82, 2.24) is 5.32 Å². The summed E-state index contributed by atoms with van der Waals surface area (Å²) in [6.07, 6.45) is 4.81. The molecule has 5 heteroatoms. The number of benzene rings is 2. The van der Waals surface area contributed by atoms with Crippen LogP contribution in [0.15, 0.2) is 67.8 Å². The summed E-state index contributed by atoms with van der Waals surface area (Å²) in [5, 5.41) is 3.80. The van der Waals surface area contributed by atoms with Crippen molar-refractivity contribution in [1.29, 1.82) is 0 Å². The Balaban J connectivity index is 2.04. The monoisotopic (exact) mass is 382 g/mol. The van der Waals surface area contributed by atoms with E-state index in [1.165, 1.54) is 0 Å². The van der Waals surface area contributed by atoms with Crippen LogP contribution in [0, 0.1) is 0 Å². The molecule has 0 bridgehead atoms. The first kappa shape index (κ1) is 19.1. The van der Waals surface area contributed by atoms with Crippen LogP contribution >= 0.6 is 11.6 Å². The fourth-order valence-corrected chi connectivity index (χ4v) is 3.72. The maximum absolute atomic E-state index is 13.0. The lowest BCUT2D eigenvalue weighted by atomic mass is 9.80. The summed E-state index contributed by atoms with van der Waals surface area (Å²) in [7, 11) is 1.63. The number of nitrogens with zero attached hydrogens (tertiary/aromatic N) is 1. The number of carbonyl (C=O) groups is 1. The average molecular weight is 383 g/mol. The molecule has 140 valence electrons. The highest BCUT2D eigenvalue weighted by atomic mass is 35.5. The maximum Gasteiger partial charge on any atom is 0.322 e. The van der Waals surface area contributed by atoms with Gasteiger partial charge in [-0.3, -0.25) is 4.90 Å². The van der Waals surface area contributed by atoms with Crippen LogP contribution in [0.4, 0.5) is 10.5 Å². The van der Waals surface area contributed by atoms with Gasteiger partial charge in [0.05, 0.1) is 24.9 Å². The summed E-state index contributed by atoms with van der Waals surface area (Å²) in [6, 6.07) is 13.2. The summed E-state index contributed by atoms with van der Waals surface area (Å²) < 4.78 is 5.20. The number of fused-ring (bicyclic) bond motifs is 1. The van der Waals surface area contributed by atoms with E-state index in [0.29, 0.717) is 24.4 Å². The lowest BCUT2D eigenvalue weighted by Gasteiger charge is -2.43. The second kappa shape index (κ2) is 7.89. The van der Waals surface area contributed by atoms with Gasteiger partial charge in [0.25, 0.3) is 0 Å². The van der Waals surface area contributed by atoms with Crippen molar-refractivity contribution in [2.75, 3.05) is 12.0 Å². The number of urea groups is 1. The molecule has 0 saturated carbocycles. The van der Waals surface area contributed by atoms with E-state index in [0.717, 1.165) is 22.6 Å². The van der Waals surface area contributed by atoms with Gasteiger partial charge in [-0.1, -0.05) is 35.9 Å². The topological polar surface area (TPSA) is 41.6 Å². The number of amides is 2. The molecule has 0 unspecified atom stereocenters. The Morgan fingerprint density at radius 2 is 1.81 bits per heavy atom. The van der Waals surface area contributed by atoms with Crippen LogP contribution in [0.3, 0.4) is 0 Å². The van der Waals surface area contributed by atoms with Crippen LogP contribution in [0.2, 0.25) is 5.02 Å². The van der Waals surface area contributed by atoms with E-state index in [1.54, 1.807) is 12.0 Å². The van der Waals surface area contributed by atoms with E-state index in [1.807, 2.05) is 54.6 Å². The van der Waals surface area contributed by atoms with Crippen molar-refractivity contribution < 1.29 is 9.53 Å². The van der Waals surface area contributed by atoms with Crippen molar-refractivity contribution in [3.63, 3.8) is 0 Å². The van der Waals surface area contributed by atoms with Crippen LogP contribution in [0.5, 0.6) is 5.75 Å². The molecule has 1 aliphatic heterocycles. The number of hydrogen-bond donors (Lipinski definition) is 1. The minimum atomic E-state index is -0.586. The molecule has 0 saturated heterocycles. The zero-order chi connectivity index (χ0) is 19.4. The van der Waals surface area contributed by atoms with E-state index >= 15 is 0 Å². The number of carbonyl (C=O) groups excluding carboxylic acids is 1. The van der Waals surface area contributed by atoms with Gasteiger partial charge in [-0.15, -0.1) is 13.2 Å². The Morgan fingerprint density at radius 1 is 1.15 bits per heavy atom. The summed E-state index contributed by atoms with van der Waals surface area (Å²) in [5.74, 6) is 0.782. The molecule has 0 aliphatic carbocycles. The van der Waals surface area contributed by atoms with Gasteiger partial charge in [-0.2, -0.15) is 0 Å². The minimum absolute atomic E-state index is 0.149. The number of ether oxygens (including phenoxy) is 1. The van der Waals surface area contributed by atoms with Crippen molar-refractivity contribution in [3.8, 4) is 5.75 Å². The van der Waals surface area contributed by atoms with Crippen LogP contribution in [-0.2, 0) is 12.1 Å². The van der Waals surface area contributed by atoms with E-state index < -0.39 is 5.54 Å². The molecule has 2 aromatic carbocycles. The highest BCUT2D eigenvalue weighted by molar-refractivity contribution is 6.30. The highest BCUT2D eigenvalue weighted by Crippen LogP contribution is 2.42. The molecule has 0 atom stereocenters. The fraction of sp³-hybridized carbons (Fsp3) is 0.227. The third-order valence-corrected chi connectivity index (χ3v) is 5.08. The van der Waals surface area contributed by atoms with Crippen LogP contribution < -0.4 is 15.0 Å². The quantitative estimate of drug-likeness (QED) is 0.649. The molecule has 1 heterocycles. The van der Waals surface area contributed by atoms with Crippen molar-refractivity contribution in [2.45, 2.75) is 24.9 Å². The van der Waals surface area contributed by atoms with Crippen LogP contribution in [0.25, 0.3) is 0 Å². The minimum Gasteiger partial charge on any atom is -0.497 e. The summed E-state index contributed by atoms with van der Waals surface area (Å²) in [6.45, 7) is 8.17. The maximum atomic E-state index is 13.0. The first-order valence-corrected chi connectivity index (χ1v) is 9.15. The highest BCUT2D eigenvalue weighted by Gasteiger charge is 2.41. The molecule has 0 fully saturated rings. The zero-order valence-electron chi connectivity index (χ0n) is 15.4. The first-order valence-electron chi connectivity index (χ1n) is 8.77. The Hall–Kier alpha value is -2.72. The van der Waals surface area contributed by atoms with Crippen molar-refractivity contribution in [3.05, 3.63) is 83.9 Å². The van der Waals surface area contributed by atoms with Crippen molar-refractivity contribution >= 4 is 23.3 Å². The molecule has 2 amide bonds. The van der Waals surface area contributed by atoms with Crippen LogP contribution in [0.1, 0.15) is 24.0 Å². The van der Waals surface area contributed by atoms with E-state index in [4.69, 9.17) is 16.3 Å². The molecule has 1 N–H and O–H groups in total. The molecule has 3 rings (SSSR count). The first-order chi connectivity index (χ1) is 13.0. The summed E-state index contributed by atoms with van der Waals surface area (Å²) >= 11 is 6.29. The van der Waals surface area contributed by atoms with Crippen LogP contribution in [-0.4, -0.2) is 13.1 Å². The van der Waals surface area contributed by atoms with Gasteiger partial charge in [-0.05, 0) is 48.7 Å².